The Kier molecular flexibility index (Phi) is 10.1. The van der Waals surface area contributed by atoms with Gasteiger partial charge in [0.2, 0.25) is 23.7 Å². The lowest BCUT2D eigenvalue weighted by atomic mass is 10.0. The maximum Gasteiger partial charge on any atom is 0.272 e. The predicted molar refractivity (Wildman–Crippen MR) is 159 cm³/mol. The van der Waals surface area contributed by atoms with Gasteiger partial charge in [0.1, 0.15) is 17.8 Å². The summed E-state index contributed by atoms with van der Waals surface area (Å²) in [5.41, 5.74) is 8.62. The summed E-state index contributed by atoms with van der Waals surface area (Å²) in [6.07, 6.45) is 3.74. The normalized spacial score (nSPS) is 19.5. The van der Waals surface area contributed by atoms with Gasteiger partial charge in [-0.25, -0.2) is 9.97 Å². The number of nitrogens with one attached hydrogen (secondary N) is 4. The number of hydrogen-bond donors (Lipinski definition) is 5. The molecule has 0 bridgehead atoms. The van der Waals surface area contributed by atoms with Crippen LogP contribution in [0.4, 0.5) is 5.95 Å². The first kappa shape index (κ1) is 30.5. The standard InChI is InChI=1S/C30H40N8O4/c1-18(2)14-21-16-25(37-30(31)35-21)29(42)38-12-6-10-26(39)34-19(3)27(40)36-24(28(41)32-11-7-13-38)15-20-17-33-23-9-5-4-8-22(20)23/h4-5,8-9,16-19,24,33H,6-7,10-15H2,1-3H3,(H,32,41)(H,34,39)(H,36,40)(H2,31,35,37)/t19-,24+/m0/s1. The molecule has 4 rings (SSSR count). The molecule has 2 aromatic heterocycles. The third kappa shape index (κ3) is 8.05. The molecule has 224 valence electrons. The summed E-state index contributed by atoms with van der Waals surface area (Å²) in [7, 11) is 0. The van der Waals surface area contributed by atoms with E-state index in [1.165, 1.54) is 0 Å². The third-order valence-corrected chi connectivity index (χ3v) is 7.16. The van der Waals surface area contributed by atoms with Gasteiger partial charge in [0.25, 0.3) is 5.91 Å². The molecule has 0 aliphatic carbocycles. The zero-order valence-electron chi connectivity index (χ0n) is 24.4. The molecule has 1 saturated heterocycles. The molecule has 1 fully saturated rings. The van der Waals surface area contributed by atoms with Crippen LogP contribution in [0.2, 0.25) is 0 Å². The average molecular weight is 577 g/mol. The second kappa shape index (κ2) is 13.9. The van der Waals surface area contributed by atoms with Crippen molar-refractivity contribution in [2.45, 2.75) is 65.0 Å². The Bertz CT molecular complexity index is 1440. The lowest BCUT2D eigenvalue weighted by Crippen LogP contribution is -2.53. The number of rotatable bonds is 5. The monoisotopic (exact) mass is 576 g/mol. The Hall–Kier alpha value is -4.48. The molecule has 12 nitrogen and oxygen atoms in total. The van der Waals surface area contributed by atoms with Crippen LogP contribution in [0, 0.1) is 5.92 Å². The molecule has 0 unspecified atom stereocenters. The van der Waals surface area contributed by atoms with Crippen molar-refractivity contribution in [1.29, 1.82) is 0 Å². The fourth-order valence-electron chi connectivity index (χ4n) is 5.07. The Morgan fingerprint density at radius 1 is 1.07 bits per heavy atom. The van der Waals surface area contributed by atoms with E-state index >= 15 is 0 Å². The fourth-order valence-corrected chi connectivity index (χ4v) is 5.07. The molecule has 0 spiro atoms. The van der Waals surface area contributed by atoms with Gasteiger partial charge < -0.3 is 31.6 Å². The third-order valence-electron chi connectivity index (χ3n) is 7.16. The van der Waals surface area contributed by atoms with Crippen LogP contribution in [0.25, 0.3) is 10.9 Å². The minimum atomic E-state index is -0.859. The second-order valence-electron chi connectivity index (χ2n) is 11.2. The Morgan fingerprint density at radius 2 is 1.83 bits per heavy atom. The van der Waals surface area contributed by atoms with Crippen LogP contribution in [-0.4, -0.2) is 75.2 Å². The summed E-state index contributed by atoms with van der Waals surface area (Å²) < 4.78 is 0. The van der Waals surface area contributed by atoms with E-state index < -0.39 is 18.0 Å². The second-order valence-corrected chi connectivity index (χ2v) is 11.2. The topological polar surface area (TPSA) is 175 Å². The highest BCUT2D eigenvalue weighted by molar-refractivity contribution is 5.94. The van der Waals surface area contributed by atoms with Crippen molar-refractivity contribution in [2.24, 2.45) is 5.92 Å². The molecule has 1 aromatic carbocycles. The van der Waals surface area contributed by atoms with Crippen molar-refractivity contribution in [1.82, 2.24) is 35.8 Å². The van der Waals surface area contributed by atoms with Gasteiger partial charge in [0.15, 0.2) is 0 Å². The van der Waals surface area contributed by atoms with Crippen LogP contribution in [0.15, 0.2) is 36.5 Å². The number of carbonyl (C=O) groups is 4. The Morgan fingerprint density at radius 3 is 2.62 bits per heavy atom. The highest BCUT2D eigenvalue weighted by atomic mass is 16.2. The Labute approximate surface area is 245 Å². The smallest absolute Gasteiger partial charge is 0.272 e. The van der Waals surface area contributed by atoms with Gasteiger partial charge in [0, 0.05) is 55.3 Å². The van der Waals surface area contributed by atoms with E-state index in [1.54, 1.807) is 17.9 Å². The molecule has 2 atom stereocenters. The van der Waals surface area contributed by atoms with Gasteiger partial charge >= 0.3 is 0 Å². The highest BCUT2D eigenvalue weighted by Crippen LogP contribution is 2.19. The first-order valence-corrected chi connectivity index (χ1v) is 14.5. The van der Waals surface area contributed by atoms with Crippen molar-refractivity contribution in [3.8, 4) is 0 Å². The fraction of sp³-hybridized carbons (Fsp3) is 0.467. The van der Waals surface area contributed by atoms with E-state index in [0.717, 1.165) is 16.5 Å². The number of amides is 4. The van der Waals surface area contributed by atoms with E-state index in [1.807, 2.05) is 30.5 Å². The molecule has 1 aliphatic heterocycles. The molecule has 12 heteroatoms. The van der Waals surface area contributed by atoms with E-state index in [-0.39, 0.29) is 42.2 Å². The number of H-pyrrole nitrogens is 1. The summed E-state index contributed by atoms with van der Waals surface area (Å²) in [5.74, 6) is -1.06. The Balaban J connectivity index is 1.51. The number of anilines is 1. The van der Waals surface area contributed by atoms with E-state index in [9.17, 15) is 19.2 Å². The largest absolute Gasteiger partial charge is 0.368 e. The molecule has 0 saturated carbocycles. The molecule has 3 aromatic rings. The summed E-state index contributed by atoms with van der Waals surface area (Å²) >= 11 is 0. The van der Waals surface area contributed by atoms with Crippen LogP contribution < -0.4 is 21.7 Å². The van der Waals surface area contributed by atoms with Crippen LogP contribution in [0.3, 0.4) is 0 Å². The number of nitrogens with zero attached hydrogens (tertiary/aromatic N) is 3. The minimum absolute atomic E-state index is 0.0360. The highest BCUT2D eigenvalue weighted by Gasteiger charge is 2.26. The van der Waals surface area contributed by atoms with Crippen molar-refractivity contribution in [2.75, 3.05) is 25.4 Å². The quantitative estimate of drug-likeness (QED) is 0.307. The van der Waals surface area contributed by atoms with Crippen LogP contribution in [0.1, 0.15) is 61.8 Å². The van der Waals surface area contributed by atoms with Gasteiger partial charge in [-0.2, -0.15) is 0 Å². The lowest BCUT2D eigenvalue weighted by Gasteiger charge is -2.23. The van der Waals surface area contributed by atoms with Crippen LogP contribution >= 0.6 is 0 Å². The van der Waals surface area contributed by atoms with Crippen LogP contribution in [0.5, 0.6) is 0 Å². The summed E-state index contributed by atoms with van der Waals surface area (Å²) in [6, 6.07) is 7.70. The molecular weight excluding hydrogens is 536 g/mol. The number of fused-ring (bicyclic) bond motifs is 1. The number of hydrogen-bond acceptors (Lipinski definition) is 7. The number of para-hydroxylation sites is 1. The van der Waals surface area contributed by atoms with E-state index in [0.29, 0.717) is 50.5 Å². The molecule has 3 heterocycles. The zero-order valence-corrected chi connectivity index (χ0v) is 24.4. The maximum atomic E-state index is 13.5. The average Bonchev–Trinajstić information content (AvgIpc) is 3.34. The maximum absolute atomic E-state index is 13.5. The van der Waals surface area contributed by atoms with Crippen molar-refractivity contribution in [3.05, 3.63) is 53.5 Å². The zero-order chi connectivity index (χ0) is 30.2. The first-order valence-electron chi connectivity index (χ1n) is 14.5. The summed E-state index contributed by atoms with van der Waals surface area (Å²) in [4.78, 5) is 65.7. The summed E-state index contributed by atoms with van der Waals surface area (Å²) in [5, 5.41) is 9.39. The van der Waals surface area contributed by atoms with E-state index in [4.69, 9.17) is 5.73 Å². The van der Waals surface area contributed by atoms with E-state index in [2.05, 4.69) is 44.7 Å². The van der Waals surface area contributed by atoms with Gasteiger partial charge in [-0.15, -0.1) is 0 Å². The first-order chi connectivity index (χ1) is 20.1. The van der Waals surface area contributed by atoms with Gasteiger partial charge in [-0.3, -0.25) is 19.2 Å². The van der Waals surface area contributed by atoms with Gasteiger partial charge in [-0.05, 0) is 49.8 Å². The number of benzene rings is 1. The number of aromatic amines is 1. The van der Waals surface area contributed by atoms with Gasteiger partial charge in [-0.1, -0.05) is 32.0 Å². The molecule has 0 radical (unpaired) electrons. The molecule has 4 amide bonds. The number of nitrogens with two attached hydrogens (primary N) is 1. The molecule has 42 heavy (non-hydrogen) atoms. The van der Waals surface area contributed by atoms with Crippen LogP contribution in [-0.2, 0) is 27.2 Å². The summed E-state index contributed by atoms with van der Waals surface area (Å²) in [6.45, 7) is 6.61. The number of aromatic nitrogens is 3. The lowest BCUT2D eigenvalue weighted by molar-refractivity contribution is -0.131. The number of nitrogen functional groups attached to an aromatic ring is 1. The predicted octanol–water partition coefficient (Wildman–Crippen LogP) is 1.71. The molecular formula is C30H40N8O4. The molecule has 6 N–H and O–H groups in total. The van der Waals surface area contributed by atoms with Crippen molar-refractivity contribution >= 4 is 40.5 Å². The molecule has 1 aliphatic rings. The van der Waals surface area contributed by atoms with Crippen molar-refractivity contribution < 1.29 is 19.2 Å². The van der Waals surface area contributed by atoms with Crippen molar-refractivity contribution in [3.63, 3.8) is 0 Å². The minimum Gasteiger partial charge on any atom is -0.368 e. The number of carbonyl (C=O) groups excluding carboxylic acids is 4. The van der Waals surface area contributed by atoms with Gasteiger partial charge in [0.05, 0.1) is 0 Å². The SMILES string of the molecule is CC(C)Cc1cc(C(=O)N2CCCNC(=O)[C@@H](Cc3c[nH]c4ccccc34)NC(=O)[C@H](C)NC(=O)CCC2)nc(N)n1.